The van der Waals surface area contributed by atoms with E-state index in [1.54, 1.807) is 0 Å². The van der Waals surface area contributed by atoms with Gasteiger partial charge in [-0.15, -0.1) is 0 Å². The lowest BCUT2D eigenvalue weighted by atomic mass is 9.84. The Morgan fingerprint density at radius 1 is 0.909 bits per heavy atom. The maximum atomic E-state index is 7.22. The summed E-state index contributed by atoms with van der Waals surface area (Å²) in [5, 5.41) is 0.664. The molecule has 1 fully saturated rings. The highest BCUT2D eigenvalue weighted by Crippen LogP contribution is 2.47. The molecular formula is C29H28ClNO2. The smallest absolute Gasteiger partial charge is 0.153 e. The monoisotopic (exact) mass is 457 g/mol. The van der Waals surface area contributed by atoms with Gasteiger partial charge in [0.1, 0.15) is 5.75 Å². The van der Waals surface area contributed by atoms with Crippen molar-refractivity contribution in [1.29, 1.82) is 0 Å². The summed E-state index contributed by atoms with van der Waals surface area (Å²) in [6.07, 6.45) is 2.28. The molecule has 3 aromatic carbocycles. The lowest BCUT2D eigenvalue weighted by Crippen LogP contribution is -2.36. The van der Waals surface area contributed by atoms with E-state index in [0.29, 0.717) is 10.8 Å². The van der Waals surface area contributed by atoms with Crippen molar-refractivity contribution in [3.05, 3.63) is 118 Å². The molecule has 2 heterocycles. The average molecular weight is 458 g/mol. The van der Waals surface area contributed by atoms with E-state index in [1.807, 2.05) is 12.1 Å². The molecule has 1 saturated heterocycles. The number of benzene rings is 3. The summed E-state index contributed by atoms with van der Waals surface area (Å²) in [6, 6.07) is 27.2. The van der Waals surface area contributed by atoms with Crippen molar-refractivity contribution in [3.8, 4) is 5.75 Å². The van der Waals surface area contributed by atoms with Gasteiger partial charge in [-0.3, -0.25) is 4.90 Å². The lowest BCUT2D eigenvalue weighted by molar-refractivity contribution is 0.0433. The van der Waals surface area contributed by atoms with Crippen LogP contribution in [0.25, 0.3) is 5.76 Å². The molecule has 2 aliphatic heterocycles. The third-order valence-electron chi connectivity index (χ3n) is 6.33. The van der Waals surface area contributed by atoms with Crippen molar-refractivity contribution in [2.24, 2.45) is 0 Å². The minimum atomic E-state index is -0.0149. The van der Waals surface area contributed by atoms with Crippen molar-refractivity contribution >= 4 is 17.4 Å². The maximum absolute atomic E-state index is 7.22. The molecule has 0 radical (unpaired) electrons. The lowest BCUT2D eigenvalue weighted by Gasteiger charge is -2.27. The van der Waals surface area contributed by atoms with Gasteiger partial charge in [0.2, 0.25) is 0 Å². The topological polar surface area (TPSA) is 21.7 Å². The number of nitrogens with zero attached hydrogens (tertiary/aromatic N) is 1. The van der Waals surface area contributed by atoms with Crippen molar-refractivity contribution in [2.75, 3.05) is 32.8 Å². The Labute approximate surface area is 200 Å². The molecule has 33 heavy (non-hydrogen) atoms. The summed E-state index contributed by atoms with van der Waals surface area (Å²) in [6.45, 7) is 6.31. The van der Waals surface area contributed by atoms with Gasteiger partial charge < -0.3 is 9.47 Å². The SMILES string of the molecule is Cc1ccc(C2=C(Cl)/C(=C\CN3CCOCC3)[C@@H](c3ccccc3)c3ccccc3O2)cc1. The van der Waals surface area contributed by atoms with E-state index in [1.165, 1.54) is 11.1 Å². The van der Waals surface area contributed by atoms with Crippen LogP contribution in [0.5, 0.6) is 5.75 Å². The van der Waals surface area contributed by atoms with Crippen LogP contribution in [0.15, 0.2) is 95.5 Å². The standard InChI is InChI=1S/C29H28ClNO2/c1-21-11-13-23(14-12-21)29-28(30)25(15-16-31-17-19-32-20-18-31)27(22-7-3-2-4-8-22)24-9-5-6-10-26(24)33-29/h2-15,27H,16-20H2,1H3/b25-15-/t27-/m0/s1. The number of ether oxygens (including phenoxy) is 2. The highest BCUT2D eigenvalue weighted by molar-refractivity contribution is 6.35. The second kappa shape index (κ2) is 9.96. The van der Waals surface area contributed by atoms with E-state index in [-0.39, 0.29) is 5.92 Å². The van der Waals surface area contributed by atoms with E-state index in [9.17, 15) is 0 Å². The molecule has 3 aromatic rings. The average Bonchev–Trinajstić information content (AvgIpc) is 2.99. The van der Waals surface area contributed by atoms with Gasteiger partial charge >= 0.3 is 0 Å². The van der Waals surface area contributed by atoms with E-state index in [4.69, 9.17) is 21.1 Å². The Morgan fingerprint density at radius 3 is 2.36 bits per heavy atom. The molecule has 0 unspecified atom stereocenters. The second-order valence-corrected chi connectivity index (χ2v) is 8.94. The van der Waals surface area contributed by atoms with Crippen molar-refractivity contribution < 1.29 is 9.47 Å². The summed E-state index contributed by atoms with van der Waals surface area (Å²) in [7, 11) is 0. The second-order valence-electron chi connectivity index (χ2n) is 8.57. The van der Waals surface area contributed by atoms with Crippen LogP contribution in [-0.2, 0) is 4.74 Å². The molecule has 0 spiro atoms. The molecule has 4 heteroatoms. The summed E-state index contributed by atoms with van der Waals surface area (Å²) in [4.78, 5) is 2.41. The van der Waals surface area contributed by atoms with E-state index < -0.39 is 0 Å². The van der Waals surface area contributed by atoms with Gasteiger partial charge in [-0.2, -0.15) is 0 Å². The number of para-hydroxylation sites is 1. The molecule has 168 valence electrons. The van der Waals surface area contributed by atoms with Crippen LogP contribution in [0.3, 0.4) is 0 Å². The number of rotatable bonds is 4. The van der Waals surface area contributed by atoms with Crippen LogP contribution in [0.1, 0.15) is 28.2 Å². The van der Waals surface area contributed by atoms with E-state index in [2.05, 4.69) is 84.6 Å². The number of halogens is 1. The molecule has 1 atom stereocenters. The maximum Gasteiger partial charge on any atom is 0.153 e. The summed E-state index contributed by atoms with van der Waals surface area (Å²) in [5.74, 6) is 1.53. The number of fused-ring (bicyclic) bond motifs is 1. The molecule has 0 aromatic heterocycles. The van der Waals surface area contributed by atoms with E-state index in [0.717, 1.165) is 55.3 Å². The normalized spacial score (nSPS) is 20.3. The molecule has 0 aliphatic carbocycles. The van der Waals surface area contributed by atoms with Gasteiger partial charge in [0.25, 0.3) is 0 Å². The Bertz CT molecular complexity index is 1160. The third-order valence-corrected chi connectivity index (χ3v) is 6.72. The largest absolute Gasteiger partial charge is 0.455 e. The first-order valence-electron chi connectivity index (χ1n) is 11.5. The van der Waals surface area contributed by atoms with Crippen molar-refractivity contribution in [1.82, 2.24) is 4.90 Å². The summed E-state index contributed by atoms with van der Waals surface area (Å²) >= 11 is 7.22. The summed E-state index contributed by atoms with van der Waals surface area (Å²) < 4.78 is 12.1. The first-order chi connectivity index (χ1) is 16.2. The van der Waals surface area contributed by atoms with Gasteiger partial charge in [0.05, 0.1) is 18.2 Å². The zero-order valence-corrected chi connectivity index (χ0v) is 19.6. The van der Waals surface area contributed by atoms with E-state index >= 15 is 0 Å². The Morgan fingerprint density at radius 2 is 1.61 bits per heavy atom. The zero-order valence-electron chi connectivity index (χ0n) is 18.8. The van der Waals surface area contributed by atoms with Gasteiger partial charge in [-0.05, 0) is 24.1 Å². The quantitative estimate of drug-likeness (QED) is 0.453. The fourth-order valence-corrected chi connectivity index (χ4v) is 4.84. The predicted octanol–water partition coefficient (Wildman–Crippen LogP) is 6.39. The van der Waals surface area contributed by atoms with Crippen molar-refractivity contribution in [3.63, 3.8) is 0 Å². The molecular weight excluding hydrogens is 430 g/mol. The number of aryl methyl sites for hydroxylation is 1. The van der Waals surface area contributed by atoms with Crippen LogP contribution in [-0.4, -0.2) is 37.7 Å². The molecule has 0 N–H and O–H groups in total. The number of morpholine rings is 1. The van der Waals surface area contributed by atoms with Crippen LogP contribution in [0, 0.1) is 6.92 Å². The minimum Gasteiger partial charge on any atom is -0.455 e. The Balaban J connectivity index is 1.68. The van der Waals surface area contributed by atoms with Crippen molar-refractivity contribution in [2.45, 2.75) is 12.8 Å². The number of hydrogen-bond acceptors (Lipinski definition) is 3. The van der Waals surface area contributed by atoms with Crippen LogP contribution >= 0.6 is 11.6 Å². The first kappa shape index (κ1) is 22.0. The highest BCUT2D eigenvalue weighted by Gasteiger charge is 2.31. The molecule has 3 nitrogen and oxygen atoms in total. The van der Waals surface area contributed by atoms with Crippen LogP contribution in [0.2, 0.25) is 0 Å². The molecule has 0 amide bonds. The number of hydrogen-bond donors (Lipinski definition) is 0. The van der Waals surface area contributed by atoms with Gasteiger partial charge in [-0.1, -0.05) is 96.0 Å². The predicted molar refractivity (Wildman–Crippen MR) is 135 cm³/mol. The van der Waals surface area contributed by atoms with Gasteiger partial charge in [-0.25, -0.2) is 0 Å². The van der Waals surface area contributed by atoms with Gasteiger partial charge in [0.15, 0.2) is 5.76 Å². The fourth-order valence-electron chi connectivity index (χ4n) is 4.51. The molecule has 0 saturated carbocycles. The van der Waals surface area contributed by atoms with Crippen LogP contribution in [0.4, 0.5) is 0 Å². The third kappa shape index (κ3) is 4.77. The summed E-state index contributed by atoms with van der Waals surface area (Å²) in [5.41, 5.74) is 5.58. The Kier molecular flexibility index (Phi) is 6.63. The zero-order chi connectivity index (χ0) is 22.6. The minimum absolute atomic E-state index is 0.0149. The first-order valence-corrected chi connectivity index (χ1v) is 11.9. The Hall–Kier alpha value is -2.85. The molecule has 5 rings (SSSR count). The molecule has 2 aliphatic rings. The van der Waals surface area contributed by atoms with Gasteiger partial charge in [0, 0.05) is 36.7 Å². The molecule has 0 bridgehead atoms. The highest BCUT2D eigenvalue weighted by atomic mass is 35.5. The number of allylic oxidation sites excluding steroid dienone is 2. The van der Waals surface area contributed by atoms with Crippen LogP contribution < -0.4 is 4.74 Å². The fraction of sp³-hybridized carbons (Fsp3) is 0.241.